The molecule has 1 heterocycles. The molecule has 0 unspecified atom stereocenters. The highest BCUT2D eigenvalue weighted by Crippen LogP contribution is 2.24. The van der Waals surface area contributed by atoms with E-state index in [1.807, 2.05) is 49.6 Å². The average molecular weight is 258 g/mol. The van der Waals surface area contributed by atoms with E-state index in [0.29, 0.717) is 5.57 Å². The largest absolute Gasteiger partial charge is 0.478 e. The van der Waals surface area contributed by atoms with Gasteiger partial charge in [0, 0.05) is 4.88 Å². The van der Waals surface area contributed by atoms with Gasteiger partial charge in [0.05, 0.1) is 5.57 Å². The van der Waals surface area contributed by atoms with Crippen LogP contribution in [-0.2, 0) is 4.79 Å². The van der Waals surface area contributed by atoms with Gasteiger partial charge in [0.2, 0.25) is 0 Å². The smallest absolute Gasteiger partial charge is 0.337 e. The summed E-state index contributed by atoms with van der Waals surface area (Å²) in [5, 5.41) is 11.2. The van der Waals surface area contributed by atoms with Crippen molar-refractivity contribution in [2.24, 2.45) is 0 Å². The summed E-state index contributed by atoms with van der Waals surface area (Å²) >= 11 is 1.44. The molecule has 2 nitrogen and oxygen atoms in total. The van der Waals surface area contributed by atoms with Gasteiger partial charge in [-0.2, -0.15) is 0 Å². The maximum atomic E-state index is 11.3. The first-order valence-corrected chi connectivity index (χ1v) is 6.52. The highest BCUT2D eigenvalue weighted by Gasteiger charge is 2.11. The van der Waals surface area contributed by atoms with E-state index in [2.05, 4.69) is 0 Å². The van der Waals surface area contributed by atoms with Crippen LogP contribution in [0.15, 0.2) is 35.7 Å². The van der Waals surface area contributed by atoms with Crippen LogP contribution in [0.3, 0.4) is 0 Å². The molecule has 0 atom stereocenters. The topological polar surface area (TPSA) is 37.3 Å². The highest BCUT2D eigenvalue weighted by atomic mass is 32.1. The maximum Gasteiger partial charge on any atom is 0.337 e. The molecule has 0 saturated heterocycles. The van der Waals surface area contributed by atoms with E-state index >= 15 is 0 Å². The number of hydrogen-bond donors (Lipinski definition) is 1. The third kappa shape index (κ3) is 2.68. The second-order valence-corrected chi connectivity index (χ2v) is 5.15. The number of benzene rings is 1. The van der Waals surface area contributed by atoms with E-state index in [-0.39, 0.29) is 0 Å². The second kappa shape index (κ2) is 5.19. The Morgan fingerprint density at radius 3 is 2.67 bits per heavy atom. The lowest BCUT2D eigenvalue weighted by molar-refractivity contribution is -0.130. The minimum Gasteiger partial charge on any atom is -0.478 e. The van der Waals surface area contributed by atoms with Crippen LogP contribution < -0.4 is 0 Å². The van der Waals surface area contributed by atoms with Crippen molar-refractivity contribution in [2.45, 2.75) is 13.8 Å². The van der Waals surface area contributed by atoms with E-state index in [4.69, 9.17) is 0 Å². The maximum absolute atomic E-state index is 11.3. The van der Waals surface area contributed by atoms with Crippen molar-refractivity contribution in [1.29, 1.82) is 0 Å². The number of hydrogen-bond acceptors (Lipinski definition) is 2. The Balaban J connectivity index is 2.52. The van der Waals surface area contributed by atoms with Crippen LogP contribution in [0.1, 0.15) is 21.6 Å². The molecule has 0 bridgehead atoms. The standard InChI is InChI=1S/C15H14O2S/c1-10-5-6-11(2)12(8-10)9-13(15(16)17)14-4-3-7-18-14/h3-9H,1-2H3,(H,16,17). The lowest BCUT2D eigenvalue weighted by Crippen LogP contribution is -1.98. The third-order valence-corrected chi connectivity index (χ3v) is 3.65. The summed E-state index contributed by atoms with van der Waals surface area (Å²) in [5.74, 6) is -0.890. The summed E-state index contributed by atoms with van der Waals surface area (Å²) in [6.45, 7) is 3.99. The normalized spacial score (nSPS) is 11.6. The molecule has 0 radical (unpaired) electrons. The van der Waals surface area contributed by atoms with Gasteiger partial charge in [0.25, 0.3) is 0 Å². The predicted molar refractivity (Wildman–Crippen MR) is 75.7 cm³/mol. The molecule has 0 aliphatic rings. The molecular formula is C15H14O2S. The van der Waals surface area contributed by atoms with E-state index in [1.165, 1.54) is 11.3 Å². The number of aryl methyl sites for hydroxylation is 2. The number of aliphatic carboxylic acids is 1. The van der Waals surface area contributed by atoms with Crippen molar-refractivity contribution in [3.8, 4) is 0 Å². The first-order valence-electron chi connectivity index (χ1n) is 5.64. The highest BCUT2D eigenvalue weighted by molar-refractivity contribution is 7.11. The summed E-state index contributed by atoms with van der Waals surface area (Å²) in [6, 6.07) is 9.73. The van der Waals surface area contributed by atoms with Crippen molar-refractivity contribution in [3.05, 3.63) is 57.3 Å². The first kappa shape index (κ1) is 12.6. The quantitative estimate of drug-likeness (QED) is 0.845. The van der Waals surface area contributed by atoms with Crippen LogP contribution in [0.2, 0.25) is 0 Å². The van der Waals surface area contributed by atoms with Gasteiger partial charge < -0.3 is 5.11 Å². The van der Waals surface area contributed by atoms with Crippen molar-refractivity contribution < 1.29 is 9.90 Å². The van der Waals surface area contributed by atoms with Gasteiger partial charge in [-0.15, -0.1) is 11.3 Å². The van der Waals surface area contributed by atoms with Crippen molar-refractivity contribution in [2.75, 3.05) is 0 Å². The Morgan fingerprint density at radius 2 is 2.06 bits per heavy atom. The van der Waals surface area contributed by atoms with Gasteiger partial charge in [-0.05, 0) is 42.5 Å². The fourth-order valence-corrected chi connectivity index (χ4v) is 2.48. The molecule has 0 amide bonds. The molecule has 1 N–H and O–H groups in total. The Bertz CT molecular complexity index is 595. The summed E-state index contributed by atoms with van der Waals surface area (Å²) < 4.78 is 0. The van der Waals surface area contributed by atoms with E-state index in [0.717, 1.165) is 21.6 Å². The minimum absolute atomic E-state index is 0.346. The fourth-order valence-electron chi connectivity index (χ4n) is 1.74. The summed E-state index contributed by atoms with van der Waals surface area (Å²) in [5.41, 5.74) is 3.51. The van der Waals surface area contributed by atoms with Crippen LogP contribution >= 0.6 is 11.3 Å². The van der Waals surface area contributed by atoms with Gasteiger partial charge in [-0.3, -0.25) is 0 Å². The molecule has 92 valence electrons. The lowest BCUT2D eigenvalue weighted by Gasteiger charge is -2.04. The lowest BCUT2D eigenvalue weighted by atomic mass is 10.0. The van der Waals surface area contributed by atoms with Crippen LogP contribution in [0.5, 0.6) is 0 Å². The van der Waals surface area contributed by atoms with Gasteiger partial charge in [0.1, 0.15) is 0 Å². The average Bonchev–Trinajstić information content (AvgIpc) is 2.83. The Hall–Kier alpha value is -1.87. The summed E-state index contributed by atoms with van der Waals surface area (Å²) in [6.07, 6.45) is 1.75. The third-order valence-electron chi connectivity index (χ3n) is 2.75. The number of rotatable bonds is 3. The van der Waals surface area contributed by atoms with Crippen molar-refractivity contribution in [1.82, 2.24) is 0 Å². The van der Waals surface area contributed by atoms with Crippen molar-refractivity contribution in [3.63, 3.8) is 0 Å². The van der Waals surface area contributed by atoms with E-state index in [9.17, 15) is 9.90 Å². The molecular weight excluding hydrogens is 244 g/mol. The van der Waals surface area contributed by atoms with Gasteiger partial charge in [-0.1, -0.05) is 29.8 Å². The monoisotopic (exact) mass is 258 g/mol. The molecule has 0 aliphatic heterocycles. The zero-order valence-corrected chi connectivity index (χ0v) is 11.1. The molecule has 1 aromatic carbocycles. The number of carbonyl (C=O) groups is 1. The zero-order valence-electron chi connectivity index (χ0n) is 10.3. The van der Waals surface area contributed by atoms with E-state index in [1.54, 1.807) is 6.08 Å². The minimum atomic E-state index is -0.890. The molecule has 1 aromatic heterocycles. The molecule has 0 aliphatic carbocycles. The number of thiophene rings is 1. The van der Waals surface area contributed by atoms with Crippen LogP contribution in [0, 0.1) is 13.8 Å². The van der Waals surface area contributed by atoms with Gasteiger partial charge >= 0.3 is 5.97 Å². The zero-order chi connectivity index (χ0) is 13.1. The number of carboxylic acids is 1. The van der Waals surface area contributed by atoms with Gasteiger partial charge in [-0.25, -0.2) is 4.79 Å². The van der Waals surface area contributed by atoms with E-state index < -0.39 is 5.97 Å². The van der Waals surface area contributed by atoms with Crippen LogP contribution in [0.4, 0.5) is 0 Å². The molecule has 2 aromatic rings. The summed E-state index contributed by atoms with van der Waals surface area (Å²) in [4.78, 5) is 12.1. The molecule has 18 heavy (non-hydrogen) atoms. The van der Waals surface area contributed by atoms with Gasteiger partial charge in [0.15, 0.2) is 0 Å². The van der Waals surface area contributed by atoms with Crippen LogP contribution in [-0.4, -0.2) is 11.1 Å². The molecule has 3 heteroatoms. The number of carboxylic acid groups (broad SMARTS) is 1. The first-order chi connectivity index (χ1) is 8.58. The second-order valence-electron chi connectivity index (χ2n) is 4.20. The Labute approximate surface area is 110 Å². The fraction of sp³-hybridized carbons (Fsp3) is 0.133. The Kier molecular flexibility index (Phi) is 3.63. The molecule has 0 fully saturated rings. The molecule has 0 spiro atoms. The Morgan fingerprint density at radius 1 is 1.28 bits per heavy atom. The van der Waals surface area contributed by atoms with Crippen LogP contribution in [0.25, 0.3) is 11.6 Å². The SMILES string of the molecule is Cc1ccc(C)c(C=C(C(=O)O)c2cccs2)c1. The predicted octanol–water partition coefficient (Wildman–Crippen LogP) is 3.99. The molecule has 0 saturated carbocycles. The van der Waals surface area contributed by atoms with Crippen molar-refractivity contribution >= 4 is 29.0 Å². The summed E-state index contributed by atoms with van der Waals surface area (Å²) in [7, 11) is 0. The molecule has 2 rings (SSSR count).